The Labute approximate surface area is 103 Å². The lowest BCUT2D eigenvalue weighted by Crippen LogP contribution is -2.10. The van der Waals surface area contributed by atoms with Gasteiger partial charge in [0.1, 0.15) is 0 Å². The number of rotatable bonds is 7. The zero-order valence-corrected chi connectivity index (χ0v) is 11.8. The normalized spacial score (nSPS) is 21.9. The molecule has 2 unspecified atom stereocenters. The molecule has 0 nitrogen and oxygen atoms in total. The standard InChI is InChI=1S/C16H32/c1-4-14(2)9-8-10-15(3)13-16-11-6-5-7-12-16/h14-16H,4-13H2,1-3H3. The molecule has 0 heteroatoms. The molecule has 1 aliphatic rings. The summed E-state index contributed by atoms with van der Waals surface area (Å²) in [6, 6.07) is 0. The maximum absolute atomic E-state index is 2.48. The molecule has 0 radical (unpaired) electrons. The first-order chi connectivity index (χ1) is 7.72. The summed E-state index contributed by atoms with van der Waals surface area (Å²) in [7, 11) is 0. The first kappa shape index (κ1) is 14.1. The minimum absolute atomic E-state index is 0.946. The van der Waals surface area contributed by atoms with Crippen LogP contribution < -0.4 is 0 Å². The van der Waals surface area contributed by atoms with Crippen LogP contribution >= 0.6 is 0 Å². The first-order valence-electron chi connectivity index (χ1n) is 7.72. The molecule has 0 amide bonds. The Bertz CT molecular complexity index is 155. The smallest absolute Gasteiger partial charge is 0.0412 e. The molecule has 0 spiro atoms. The van der Waals surface area contributed by atoms with Crippen molar-refractivity contribution in [2.45, 2.75) is 85.0 Å². The maximum Gasteiger partial charge on any atom is -0.0412 e. The van der Waals surface area contributed by atoms with Gasteiger partial charge >= 0.3 is 0 Å². The van der Waals surface area contributed by atoms with Crippen LogP contribution in [-0.4, -0.2) is 0 Å². The molecule has 1 saturated carbocycles. The van der Waals surface area contributed by atoms with Crippen molar-refractivity contribution in [1.82, 2.24) is 0 Å². The van der Waals surface area contributed by atoms with Crippen molar-refractivity contribution in [2.75, 3.05) is 0 Å². The SMILES string of the molecule is CCC(C)CCCC(C)CC1CCCCC1. The highest BCUT2D eigenvalue weighted by Crippen LogP contribution is 2.30. The van der Waals surface area contributed by atoms with Crippen LogP contribution in [0, 0.1) is 17.8 Å². The maximum atomic E-state index is 2.48. The minimum Gasteiger partial charge on any atom is -0.0651 e. The van der Waals surface area contributed by atoms with Gasteiger partial charge in [0.25, 0.3) is 0 Å². The van der Waals surface area contributed by atoms with Crippen LogP contribution in [0.5, 0.6) is 0 Å². The highest BCUT2D eigenvalue weighted by Gasteiger charge is 2.16. The van der Waals surface area contributed by atoms with Crippen molar-refractivity contribution < 1.29 is 0 Å². The van der Waals surface area contributed by atoms with Crippen molar-refractivity contribution in [3.8, 4) is 0 Å². The lowest BCUT2D eigenvalue weighted by Gasteiger charge is -2.24. The Morgan fingerprint density at radius 3 is 2.19 bits per heavy atom. The summed E-state index contributed by atoms with van der Waals surface area (Å²) in [6.07, 6.45) is 14.8. The number of hydrogen-bond donors (Lipinski definition) is 0. The van der Waals surface area contributed by atoms with Crippen LogP contribution in [0.15, 0.2) is 0 Å². The van der Waals surface area contributed by atoms with E-state index in [0.29, 0.717) is 0 Å². The van der Waals surface area contributed by atoms with E-state index in [4.69, 9.17) is 0 Å². The predicted molar refractivity (Wildman–Crippen MR) is 73.7 cm³/mol. The summed E-state index contributed by atoms with van der Waals surface area (Å²) in [4.78, 5) is 0. The van der Waals surface area contributed by atoms with Gasteiger partial charge in [0.2, 0.25) is 0 Å². The Hall–Kier alpha value is 0. The van der Waals surface area contributed by atoms with Crippen molar-refractivity contribution in [3.05, 3.63) is 0 Å². The summed E-state index contributed by atoms with van der Waals surface area (Å²) in [5.74, 6) is 3.00. The van der Waals surface area contributed by atoms with E-state index in [0.717, 1.165) is 17.8 Å². The van der Waals surface area contributed by atoms with Gasteiger partial charge in [-0.05, 0) is 24.2 Å². The topological polar surface area (TPSA) is 0 Å². The predicted octanol–water partition coefficient (Wildman–Crippen LogP) is 5.81. The van der Waals surface area contributed by atoms with Crippen LogP contribution in [0.25, 0.3) is 0 Å². The van der Waals surface area contributed by atoms with Crippen molar-refractivity contribution in [2.24, 2.45) is 17.8 Å². The molecule has 2 atom stereocenters. The largest absolute Gasteiger partial charge is 0.0651 e. The summed E-state index contributed by atoms with van der Waals surface area (Å²) < 4.78 is 0. The second kappa shape index (κ2) is 8.14. The molecule has 0 aromatic heterocycles. The fourth-order valence-electron chi connectivity index (χ4n) is 3.13. The van der Waals surface area contributed by atoms with Crippen LogP contribution in [0.1, 0.15) is 85.0 Å². The van der Waals surface area contributed by atoms with Gasteiger partial charge in [-0.3, -0.25) is 0 Å². The van der Waals surface area contributed by atoms with E-state index in [1.807, 2.05) is 0 Å². The molecule has 96 valence electrons. The van der Waals surface area contributed by atoms with E-state index in [2.05, 4.69) is 20.8 Å². The zero-order valence-electron chi connectivity index (χ0n) is 11.8. The average molecular weight is 224 g/mol. The van der Waals surface area contributed by atoms with Crippen LogP contribution in [0.3, 0.4) is 0 Å². The molecule has 16 heavy (non-hydrogen) atoms. The molecule has 0 aromatic rings. The molecule has 1 fully saturated rings. The molecule has 0 heterocycles. The molecule has 0 aliphatic heterocycles. The van der Waals surface area contributed by atoms with Crippen molar-refractivity contribution in [3.63, 3.8) is 0 Å². The summed E-state index contributed by atoms with van der Waals surface area (Å²) in [5.41, 5.74) is 0. The van der Waals surface area contributed by atoms with E-state index in [-0.39, 0.29) is 0 Å². The van der Waals surface area contributed by atoms with Crippen LogP contribution in [-0.2, 0) is 0 Å². The van der Waals surface area contributed by atoms with Gasteiger partial charge in [-0.1, -0.05) is 78.6 Å². The van der Waals surface area contributed by atoms with Crippen LogP contribution in [0.4, 0.5) is 0 Å². The molecule has 0 bridgehead atoms. The fraction of sp³-hybridized carbons (Fsp3) is 1.00. The van der Waals surface area contributed by atoms with Crippen LogP contribution in [0.2, 0.25) is 0 Å². The molecule has 0 saturated heterocycles. The quantitative estimate of drug-likeness (QED) is 0.512. The Kier molecular flexibility index (Phi) is 7.16. The minimum atomic E-state index is 0.946. The van der Waals surface area contributed by atoms with Gasteiger partial charge in [-0.25, -0.2) is 0 Å². The monoisotopic (exact) mass is 224 g/mol. The van der Waals surface area contributed by atoms with Gasteiger partial charge in [0.05, 0.1) is 0 Å². The summed E-state index contributed by atoms with van der Waals surface area (Å²) in [6.45, 7) is 7.19. The zero-order chi connectivity index (χ0) is 11.8. The first-order valence-corrected chi connectivity index (χ1v) is 7.72. The van der Waals surface area contributed by atoms with E-state index >= 15 is 0 Å². The molecular formula is C16H32. The molecule has 1 rings (SSSR count). The lowest BCUT2D eigenvalue weighted by molar-refractivity contribution is 0.283. The third-order valence-electron chi connectivity index (χ3n) is 4.55. The van der Waals surface area contributed by atoms with E-state index < -0.39 is 0 Å². The Balaban J connectivity index is 2.03. The van der Waals surface area contributed by atoms with Gasteiger partial charge in [0, 0.05) is 0 Å². The molecule has 0 aromatic carbocycles. The highest BCUT2D eigenvalue weighted by atomic mass is 14.2. The Morgan fingerprint density at radius 1 is 0.938 bits per heavy atom. The summed E-state index contributed by atoms with van der Waals surface area (Å²) in [5, 5.41) is 0. The lowest BCUT2D eigenvalue weighted by atomic mass is 9.82. The summed E-state index contributed by atoms with van der Waals surface area (Å²) >= 11 is 0. The third-order valence-corrected chi connectivity index (χ3v) is 4.55. The van der Waals surface area contributed by atoms with E-state index in [1.165, 1.54) is 64.2 Å². The van der Waals surface area contributed by atoms with Gasteiger partial charge in [-0.15, -0.1) is 0 Å². The van der Waals surface area contributed by atoms with Crippen molar-refractivity contribution >= 4 is 0 Å². The third kappa shape index (κ3) is 5.92. The Morgan fingerprint density at radius 2 is 1.56 bits per heavy atom. The second-order valence-electron chi connectivity index (χ2n) is 6.29. The average Bonchev–Trinajstić information content (AvgIpc) is 2.30. The van der Waals surface area contributed by atoms with Gasteiger partial charge < -0.3 is 0 Å². The second-order valence-corrected chi connectivity index (χ2v) is 6.29. The highest BCUT2D eigenvalue weighted by molar-refractivity contribution is 4.69. The molecular weight excluding hydrogens is 192 g/mol. The number of hydrogen-bond acceptors (Lipinski definition) is 0. The van der Waals surface area contributed by atoms with Gasteiger partial charge in [-0.2, -0.15) is 0 Å². The molecule has 1 aliphatic carbocycles. The molecule has 0 N–H and O–H groups in total. The van der Waals surface area contributed by atoms with E-state index in [9.17, 15) is 0 Å². The van der Waals surface area contributed by atoms with Gasteiger partial charge in [0.15, 0.2) is 0 Å². The fourth-order valence-corrected chi connectivity index (χ4v) is 3.13. The van der Waals surface area contributed by atoms with Crippen molar-refractivity contribution in [1.29, 1.82) is 0 Å². The van der Waals surface area contributed by atoms with E-state index in [1.54, 1.807) is 0 Å².